The highest BCUT2D eigenvalue weighted by atomic mass is 35.5. The molecule has 2 N–H and O–H groups in total. The van der Waals surface area contributed by atoms with Gasteiger partial charge in [0.05, 0.1) is 0 Å². The zero-order valence-corrected chi connectivity index (χ0v) is 12.0. The van der Waals surface area contributed by atoms with Gasteiger partial charge in [0.1, 0.15) is 0 Å². The van der Waals surface area contributed by atoms with Gasteiger partial charge in [0.2, 0.25) is 0 Å². The lowest BCUT2D eigenvalue weighted by Gasteiger charge is -2.37. The lowest BCUT2D eigenvalue weighted by molar-refractivity contribution is 0.122. The monoisotopic (exact) mass is 276 g/mol. The summed E-state index contributed by atoms with van der Waals surface area (Å²) in [6.07, 6.45) is 2.60. The van der Waals surface area contributed by atoms with Crippen LogP contribution in [0, 0.1) is 5.92 Å². The van der Waals surface area contributed by atoms with Crippen molar-refractivity contribution in [3.05, 3.63) is 0 Å². The average Bonchev–Trinajstić information content (AvgIpc) is 2.40. The van der Waals surface area contributed by atoms with Crippen LogP contribution in [0.25, 0.3) is 0 Å². The van der Waals surface area contributed by atoms with Gasteiger partial charge >= 0.3 is 6.03 Å². The number of hydrogen-bond acceptors (Lipinski definition) is 3. The van der Waals surface area contributed by atoms with Gasteiger partial charge in [-0.05, 0) is 31.8 Å². The summed E-state index contributed by atoms with van der Waals surface area (Å²) in [7, 11) is 1.70. The largest absolute Gasteiger partial charge is 0.341 e. The van der Waals surface area contributed by atoms with E-state index < -0.39 is 0 Å². The Morgan fingerprint density at radius 1 is 1.22 bits per heavy atom. The molecule has 2 aliphatic rings. The van der Waals surface area contributed by atoms with Crippen LogP contribution >= 0.6 is 12.4 Å². The molecule has 2 amide bonds. The van der Waals surface area contributed by atoms with Crippen molar-refractivity contribution in [3.63, 3.8) is 0 Å². The standard InChI is InChI=1S/C12H24N4O.ClH/c1-13-12(17)16-8-6-15(7-9-16)10-11-2-4-14-5-3-11;/h11,14H,2-10H2,1H3,(H,13,17);1H. The van der Waals surface area contributed by atoms with E-state index >= 15 is 0 Å². The first-order chi connectivity index (χ1) is 8.29. The molecular weight excluding hydrogens is 252 g/mol. The summed E-state index contributed by atoms with van der Waals surface area (Å²) in [4.78, 5) is 15.9. The van der Waals surface area contributed by atoms with Crippen molar-refractivity contribution in [3.8, 4) is 0 Å². The first-order valence-corrected chi connectivity index (χ1v) is 6.69. The number of rotatable bonds is 2. The molecule has 106 valence electrons. The second kappa shape index (κ2) is 7.81. The van der Waals surface area contributed by atoms with E-state index in [1.165, 1.54) is 32.5 Å². The number of nitrogens with one attached hydrogen (secondary N) is 2. The molecule has 0 aliphatic carbocycles. The highest BCUT2D eigenvalue weighted by Crippen LogP contribution is 2.14. The lowest BCUT2D eigenvalue weighted by atomic mass is 9.97. The number of hydrogen-bond donors (Lipinski definition) is 2. The number of urea groups is 1. The molecule has 2 rings (SSSR count). The van der Waals surface area contributed by atoms with Gasteiger partial charge in [-0.25, -0.2) is 4.79 Å². The smallest absolute Gasteiger partial charge is 0.317 e. The van der Waals surface area contributed by atoms with Crippen molar-refractivity contribution >= 4 is 18.4 Å². The number of amides is 2. The molecular formula is C12H25ClN4O. The van der Waals surface area contributed by atoms with Crippen LogP contribution in [0.5, 0.6) is 0 Å². The number of carbonyl (C=O) groups is 1. The Morgan fingerprint density at radius 2 is 1.83 bits per heavy atom. The summed E-state index contributed by atoms with van der Waals surface area (Å²) in [6, 6.07) is 0.0616. The molecule has 2 saturated heterocycles. The summed E-state index contributed by atoms with van der Waals surface area (Å²) in [5, 5.41) is 6.09. The normalized spacial score (nSPS) is 22.4. The Bertz CT molecular complexity index is 250. The van der Waals surface area contributed by atoms with Crippen LogP contribution in [0.4, 0.5) is 4.79 Å². The third-order valence-electron chi connectivity index (χ3n) is 3.85. The van der Waals surface area contributed by atoms with E-state index in [2.05, 4.69) is 15.5 Å². The summed E-state index contributed by atoms with van der Waals surface area (Å²) >= 11 is 0. The van der Waals surface area contributed by atoms with E-state index in [0.29, 0.717) is 0 Å². The van der Waals surface area contributed by atoms with Gasteiger partial charge in [0.15, 0.2) is 0 Å². The van der Waals surface area contributed by atoms with Crippen LogP contribution in [0.2, 0.25) is 0 Å². The molecule has 2 aliphatic heterocycles. The molecule has 0 unspecified atom stereocenters. The molecule has 0 atom stereocenters. The maximum Gasteiger partial charge on any atom is 0.317 e. The Kier molecular flexibility index (Phi) is 6.75. The third kappa shape index (κ3) is 4.30. The first kappa shape index (κ1) is 15.5. The highest BCUT2D eigenvalue weighted by molar-refractivity contribution is 5.85. The van der Waals surface area contributed by atoms with Crippen LogP contribution in [-0.2, 0) is 0 Å². The quantitative estimate of drug-likeness (QED) is 0.766. The molecule has 0 spiro atoms. The molecule has 18 heavy (non-hydrogen) atoms. The van der Waals surface area contributed by atoms with E-state index in [1.54, 1.807) is 7.05 Å². The van der Waals surface area contributed by atoms with E-state index in [-0.39, 0.29) is 18.4 Å². The van der Waals surface area contributed by atoms with Crippen LogP contribution < -0.4 is 10.6 Å². The van der Waals surface area contributed by atoms with Gasteiger partial charge in [-0.2, -0.15) is 0 Å². The molecule has 0 bridgehead atoms. The van der Waals surface area contributed by atoms with Crippen LogP contribution in [-0.4, -0.2) is 68.7 Å². The molecule has 0 aromatic carbocycles. The van der Waals surface area contributed by atoms with E-state index in [0.717, 1.165) is 32.1 Å². The topological polar surface area (TPSA) is 47.6 Å². The average molecular weight is 277 g/mol. The van der Waals surface area contributed by atoms with Crippen molar-refractivity contribution in [1.29, 1.82) is 0 Å². The Hall–Kier alpha value is -0.520. The lowest BCUT2D eigenvalue weighted by Crippen LogP contribution is -2.52. The third-order valence-corrected chi connectivity index (χ3v) is 3.85. The first-order valence-electron chi connectivity index (χ1n) is 6.69. The van der Waals surface area contributed by atoms with Crippen LogP contribution in [0.1, 0.15) is 12.8 Å². The maximum atomic E-state index is 11.5. The second-order valence-corrected chi connectivity index (χ2v) is 5.04. The maximum absolute atomic E-state index is 11.5. The number of piperazine rings is 1. The summed E-state index contributed by atoms with van der Waals surface area (Å²) in [5.74, 6) is 0.850. The zero-order chi connectivity index (χ0) is 12.1. The second-order valence-electron chi connectivity index (χ2n) is 5.04. The SMILES string of the molecule is CNC(=O)N1CCN(CC2CCNCC2)CC1.Cl. The van der Waals surface area contributed by atoms with E-state index in [4.69, 9.17) is 0 Å². The Balaban J connectivity index is 0.00000162. The van der Waals surface area contributed by atoms with Gasteiger partial charge < -0.3 is 15.5 Å². The predicted molar refractivity (Wildman–Crippen MR) is 75.3 cm³/mol. The molecule has 0 aromatic heterocycles. The van der Waals surface area contributed by atoms with Crippen molar-refractivity contribution in [2.75, 3.05) is 52.9 Å². The Morgan fingerprint density at radius 3 is 2.39 bits per heavy atom. The van der Waals surface area contributed by atoms with Gasteiger partial charge in [-0.1, -0.05) is 0 Å². The van der Waals surface area contributed by atoms with Crippen LogP contribution in [0.15, 0.2) is 0 Å². The molecule has 5 nitrogen and oxygen atoms in total. The molecule has 0 saturated carbocycles. The molecule has 6 heteroatoms. The highest BCUT2D eigenvalue weighted by Gasteiger charge is 2.23. The molecule has 0 aromatic rings. The summed E-state index contributed by atoms with van der Waals surface area (Å²) in [5.41, 5.74) is 0. The van der Waals surface area contributed by atoms with E-state index in [1.807, 2.05) is 4.90 Å². The fraction of sp³-hybridized carbons (Fsp3) is 0.917. The van der Waals surface area contributed by atoms with Gasteiger partial charge in [-0.15, -0.1) is 12.4 Å². The summed E-state index contributed by atoms with van der Waals surface area (Å²) in [6.45, 7) is 7.33. The van der Waals surface area contributed by atoms with Crippen molar-refractivity contribution < 1.29 is 4.79 Å². The van der Waals surface area contributed by atoms with Crippen LogP contribution in [0.3, 0.4) is 0 Å². The minimum atomic E-state index is 0. The molecule has 2 fully saturated rings. The molecule has 2 heterocycles. The van der Waals surface area contributed by atoms with Gasteiger partial charge in [0.25, 0.3) is 0 Å². The van der Waals surface area contributed by atoms with Gasteiger partial charge in [0, 0.05) is 39.8 Å². The zero-order valence-electron chi connectivity index (χ0n) is 11.2. The van der Waals surface area contributed by atoms with Crippen molar-refractivity contribution in [2.45, 2.75) is 12.8 Å². The van der Waals surface area contributed by atoms with Crippen molar-refractivity contribution in [2.24, 2.45) is 5.92 Å². The number of nitrogens with zero attached hydrogens (tertiary/aromatic N) is 2. The molecule has 0 radical (unpaired) electrons. The Labute approximate surface area is 116 Å². The number of halogens is 1. The van der Waals surface area contributed by atoms with Gasteiger partial charge in [-0.3, -0.25) is 4.90 Å². The summed E-state index contributed by atoms with van der Waals surface area (Å²) < 4.78 is 0. The fourth-order valence-corrected chi connectivity index (χ4v) is 2.72. The minimum Gasteiger partial charge on any atom is -0.341 e. The minimum absolute atomic E-state index is 0. The fourth-order valence-electron chi connectivity index (χ4n) is 2.72. The number of piperidine rings is 1. The predicted octanol–water partition coefficient (Wildman–Crippen LogP) is 0.365. The number of carbonyl (C=O) groups excluding carboxylic acids is 1. The van der Waals surface area contributed by atoms with E-state index in [9.17, 15) is 4.79 Å². The van der Waals surface area contributed by atoms with Crippen molar-refractivity contribution in [1.82, 2.24) is 20.4 Å².